The number of rotatable bonds is 3. The van der Waals surface area contributed by atoms with Crippen molar-refractivity contribution in [3.8, 4) is 5.75 Å². The van der Waals surface area contributed by atoms with Gasteiger partial charge in [0.2, 0.25) is 0 Å². The summed E-state index contributed by atoms with van der Waals surface area (Å²) in [5.74, 6) is -0.579. The van der Waals surface area contributed by atoms with Crippen molar-refractivity contribution in [1.29, 1.82) is 0 Å². The van der Waals surface area contributed by atoms with E-state index in [2.05, 4.69) is 0 Å². The molecule has 0 saturated carbocycles. The number of halogens is 3. The average Bonchev–Trinajstić information content (AvgIpc) is 2.16. The van der Waals surface area contributed by atoms with Gasteiger partial charge in [0.25, 0.3) is 6.43 Å². The second-order valence-electron chi connectivity index (χ2n) is 2.87. The number of hydrogen-bond donors (Lipinski definition) is 2. The molecule has 0 aliphatic carbocycles. The van der Waals surface area contributed by atoms with Gasteiger partial charge in [-0.2, -0.15) is 0 Å². The molecule has 0 aliphatic rings. The molecule has 0 spiro atoms. The van der Waals surface area contributed by atoms with E-state index in [9.17, 15) is 18.9 Å². The van der Waals surface area contributed by atoms with Gasteiger partial charge in [0.15, 0.2) is 5.75 Å². The second kappa shape index (κ2) is 5.57. The van der Waals surface area contributed by atoms with E-state index >= 15 is 0 Å². The summed E-state index contributed by atoms with van der Waals surface area (Å²) in [7, 11) is 0. The van der Waals surface area contributed by atoms with Crippen LogP contribution < -0.4 is 5.73 Å². The number of nitrogens with zero attached hydrogens (tertiary/aromatic N) is 1. The van der Waals surface area contributed by atoms with Crippen molar-refractivity contribution in [1.82, 2.24) is 0 Å². The molecule has 1 aromatic carbocycles. The molecule has 0 radical (unpaired) electrons. The van der Waals surface area contributed by atoms with Crippen molar-refractivity contribution in [2.45, 2.75) is 12.5 Å². The highest BCUT2D eigenvalue weighted by Gasteiger charge is 2.21. The van der Waals surface area contributed by atoms with Crippen LogP contribution in [0.3, 0.4) is 0 Å². The molecular formula is C8H9ClF2N2O3. The van der Waals surface area contributed by atoms with E-state index < -0.39 is 28.8 Å². The molecule has 1 rings (SSSR count). The van der Waals surface area contributed by atoms with Gasteiger partial charge in [-0.1, -0.05) is 6.07 Å². The zero-order valence-electron chi connectivity index (χ0n) is 7.84. The normalized spacial score (nSPS) is 12.0. The van der Waals surface area contributed by atoms with Crippen LogP contribution in [-0.2, 0) is 0 Å². The molecule has 0 aromatic heterocycles. The van der Waals surface area contributed by atoms with Crippen molar-refractivity contribution in [2.24, 2.45) is 5.73 Å². The van der Waals surface area contributed by atoms with Gasteiger partial charge in [-0.3, -0.25) is 10.1 Å². The molecule has 0 heterocycles. The number of aromatic hydroxyl groups is 1. The van der Waals surface area contributed by atoms with Gasteiger partial charge >= 0.3 is 5.69 Å². The van der Waals surface area contributed by atoms with Crippen molar-refractivity contribution < 1.29 is 18.8 Å². The minimum atomic E-state index is -2.81. The fraction of sp³-hybridized carbons (Fsp3) is 0.250. The first-order valence-electron chi connectivity index (χ1n) is 3.94. The highest BCUT2D eigenvalue weighted by molar-refractivity contribution is 5.85. The molecule has 0 bridgehead atoms. The van der Waals surface area contributed by atoms with Gasteiger partial charge < -0.3 is 10.8 Å². The lowest BCUT2D eigenvalue weighted by Gasteiger charge is -2.10. The van der Waals surface area contributed by atoms with Gasteiger partial charge in [0.1, 0.15) is 0 Å². The van der Waals surface area contributed by atoms with E-state index in [-0.39, 0.29) is 18.0 Å². The predicted octanol–water partition coefficient (Wildman–Crippen LogP) is 1.99. The van der Waals surface area contributed by atoms with Crippen LogP contribution in [0.5, 0.6) is 5.75 Å². The molecular weight excluding hydrogens is 246 g/mol. The van der Waals surface area contributed by atoms with Gasteiger partial charge in [0.05, 0.1) is 11.0 Å². The molecule has 3 N–H and O–H groups in total. The first kappa shape index (κ1) is 14.5. The number of nitrogens with two attached hydrogens (primary N) is 1. The number of benzene rings is 1. The molecule has 0 amide bonds. The standard InChI is InChI=1S/C8H8F2N2O3.ClH/c9-8(10)7(11)4-1-2-6(13)5(3-4)12(14)15;/h1-3,7-8,13H,11H2;1H/t7-;/m0./s1. The zero-order valence-corrected chi connectivity index (χ0v) is 8.66. The van der Waals surface area contributed by atoms with Crippen molar-refractivity contribution in [3.63, 3.8) is 0 Å². The Morgan fingerprint density at radius 3 is 2.44 bits per heavy atom. The van der Waals surface area contributed by atoms with Crippen LogP contribution in [0.1, 0.15) is 11.6 Å². The summed E-state index contributed by atoms with van der Waals surface area (Å²) in [6, 6.07) is 1.34. The third kappa shape index (κ3) is 3.01. The van der Waals surface area contributed by atoms with Crippen LogP contribution >= 0.6 is 12.4 Å². The molecule has 16 heavy (non-hydrogen) atoms. The maximum Gasteiger partial charge on any atom is 0.311 e. The van der Waals surface area contributed by atoms with Crippen molar-refractivity contribution in [3.05, 3.63) is 33.9 Å². The highest BCUT2D eigenvalue weighted by atomic mass is 35.5. The SMILES string of the molecule is Cl.N[C@@H](c1ccc(O)c([N+](=O)[O-])c1)C(F)F. The molecule has 1 atom stereocenters. The Morgan fingerprint density at radius 2 is 2.00 bits per heavy atom. The quantitative estimate of drug-likeness (QED) is 0.638. The van der Waals surface area contributed by atoms with Crippen LogP contribution in [0.2, 0.25) is 0 Å². The number of phenols is 1. The van der Waals surface area contributed by atoms with Gasteiger partial charge in [0, 0.05) is 6.07 Å². The lowest BCUT2D eigenvalue weighted by Crippen LogP contribution is -2.18. The van der Waals surface area contributed by atoms with Crippen molar-refractivity contribution >= 4 is 18.1 Å². The molecule has 5 nitrogen and oxygen atoms in total. The predicted molar refractivity (Wildman–Crippen MR) is 54.9 cm³/mol. The summed E-state index contributed by atoms with van der Waals surface area (Å²) in [5, 5.41) is 19.4. The smallest absolute Gasteiger partial charge is 0.311 e. The molecule has 1 aromatic rings. The third-order valence-electron chi connectivity index (χ3n) is 1.85. The highest BCUT2D eigenvalue weighted by Crippen LogP contribution is 2.29. The van der Waals surface area contributed by atoms with E-state index in [4.69, 9.17) is 10.8 Å². The van der Waals surface area contributed by atoms with Crippen molar-refractivity contribution in [2.75, 3.05) is 0 Å². The summed E-state index contributed by atoms with van der Waals surface area (Å²) in [6.45, 7) is 0. The van der Waals surface area contributed by atoms with E-state index in [0.717, 1.165) is 18.2 Å². The Kier molecular flexibility index (Phi) is 5.06. The molecule has 0 saturated heterocycles. The van der Waals surface area contributed by atoms with Crippen LogP contribution in [0.4, 0.5) is 14.5 Å². The molecule has 0 fully saturated rings. The van der Waals surface area contributed by atoms with E-state index in [0.29, 0.717) is 0 Å². The topological polar surface area (TPSA) is 89.4 Å². The van der Waals surface area contributed by atoms with Crippen LogP contribution in [0.25, 0.3) is 0 Å². The Morgan fingerprint density at radius 1 is 1.44 bits per heavy atom. The number of alkyl halides is 2. The average molecular weight is 255 g/mol. The molecule has 90 valence electrons. The first-order chi connectivity index (χ1) is 6.93. The number of nitro benzene ring substituents is 1. The second-order valence-corrected chi connectivity index (χ2v) is 2.87. The maximum atomic E-state index is 12.2. The summed E-state index contributed by atoms with van der Waals surface area (Å²) >= 11 is 0. The summed E-state index contributed by atoms with van der Waals surface area (Å²) < 4.78 is 24.4. The lowest BCUT2D eigenvalue weighted by atomic mass is 10.1. The maximum absolute atomic E-state index is 12.2. The van der Waals surface area contributed by atoms with E-state index in [1.807, 2.05) is 0 Å². The number of nitro groups is 1. The molecule has 0 unspecified atom stereocenters. The zero-order chi connectivity index (χ0) is 11.6. The van der Waals surface area contributed by atoms with Gasteiger partial charge in [-0.05, 0) is 11.6 Å². The third-order valence-corrected chi connectivity index (χ3v) is 1.85. The van der Waals surface area contributed by atoms with Crippen LogP contribution in [0.15, 0.2) is 18.2 Å². The fourth-order valence-electron chi connectivity index (χ4n) is 1.04. The largest absolute Gasteiger partial charge is 0.502 e. The molecule has 8 heteroatoms. The summed E-state index contributed by atoms with van der Waals surface area (Å²) in [4.78, 5) is 9.52. The fourth-order valence-corrected chi connectivity index (χ4v) is 1.04. The Hall–Kier alpha value is -1.47. The monoisotopic (exact) mass is 254 g/mol. The minimum Gasteiger partial charge on any atom is -0.502 e. The van der Waals surface area contributed by atoms with Crippen LogP contribution in [0, 0.1) is 10.1 Å². The Bertz CT molecular complexity index is 390. The van der Waals surface area contributed by atoms with E-state index in [1.165, 1.54) is 0 Å². The first-order valence-corrected chi connectivity index (χ1v) is 3.94. The Balaban J connectivity index is 0.00000225. The van der Waals surface area contributed by atoms with Gasteiger partial charge in [-0.15, -0.1) is 12.4 Å². The number of hydrogen-bond acceptors (Lipinski definition) is 4. The minimum absolute atomic E-state index is 0. The van der Waals surface area contributed by atoms with Crippen LogP contribution in [-0.4, -0.2) is 16.5 Å². The molecule has 0 aliphatic heterocycles. The number of phenolic OH excluding ortho intramolecular Hbond substituents is 1. The summed E-state index contributed by atoms with van der Waals surface area (Å²) in [6.07, 6.45) is -2.81. The van der Waals surface area contributed by atoms with Gasteiger partial charge in [-0.25, -0.2) is 8.78 Å². The Labute approximate surface area is 95.4 Å². The summed E-state index contributed by atoms with van der Waals surface area (Å²) in [5.41, 5.74) is 4.38. The van der Waals surface area contributed by atoms with E-state index in [1.54, 1.807) is 0 Å². The lowest BCUT2D eigenvalue weighted by molar-refractivity contribution is -0.385.